The quantitative estimate of drug-likeness (QED) is 0.837. The standard InChI is InChI=1S/C17H32N2/c1-14(12-15-8-9-15)19-11-5-10-18-17(13-19)16-6-3-2-4-7-16/h14-18H,2-13H2,1H3. The molecule has 2 heteroatoms. The molecule has 3 aliphatic rings. The molecule has 2 atom stereocenters. The molecule has 0 aromatic carbocycles. The van der Waals surface area contributed by atoms with E-state index in [-0.39, 0.29) is 0 Å². The molecule has 0 spiro atoms. The third kappa shape index (κ3) is 3.95. The van der Waals surface area contributed by atoms with E-state index in [1.165, 1.54) is 77.4 Å². The topological polar surface area (TPSA) is 15.3 Å². The van der Waals surface area contributed by atoms with Crippen molar-refractivity contribution in [2.75, 3.05) is 19.6 Å². The minimum absolute atomic E-state index is 0.782. The Bertz CT molecular complexity index is 268. The second-order valence-electron chi connectivity index (χ2n) is 7.34. The van der Waals surface area contributed by atoms with Gasteiger partial charge in [0.25, 0.3) is 0 Å². The molecule has 0 amide bonds. The fourth-order valence-corrected chi connectivity index (χ4v) is 4.22. The molecular formula is C17H32N2. The van der Waals surface area contributed by atoms with Crippen LogP contribution in [0.15, 0.2) is 0 Å². The van der Waals surface area contributed by atoms with E-state index in [9.17, 15) is 0 Å². The molecule has 2 unspecified atom stereocenters. The SMILES string of the molecule is CC(CC1CC1)N1CCCNC(C2CCCCC2)C1. The highest BCUT2D eigenvalue weighted by atomic mass is 15.2. The third-order valence-electron chi connectivity index (χ3n) is 5.67. The summed E-state index contributed by atoms with van der Waals surface area (Å²) in [5.74, 6) is 2.03. The van der Waals surface area contributed by atoms with E-state index in [4.69, 9.17) is 0 Å². The minimum Gasteiger partial charge on any atom is -0.312 e. The summed E-state index contributed by atoms with van der Waals surface area (Å²) >= 11 is 0. The van der Waals surface area contributed by atoms with Crippen molar-refractivity contribution in [1.82, 2.24) is 10.2 Å². The van der Waals surface area contributed by atoms with E-state index in [2.05, 4.69) is 17.1 Å². The molecule has 19 heavy (non-hydrogen) atoms. The number of nitrogens with one attached hydrogen (secondary N) is 1. The van der Waals surface area contributed by atoms with Gasteiger partial charge in [-0.1, -0.05) is 32.1 Å². The van der Waals surface area contributed by atoms with Crippen LogP contribution in [-0.2, 0) is 0 Å². The minimum atomic E-state index is 0.782. The van der Waals surface area contributed by atoms with Crippen LogP contribution < -0.4 is 5.32 Å². The van der Waals surface area contributed by atoms with Crippen molar-refractivity contribution in [2.45, 2.75) is 76.8 Å². The largest absolute Gasteiger partial charge is 0.312 e. The van der Waals surface area contributed by atoms with Gasteiger partial charge in [0.15, 0.2) is 0 Å². The third-order valence-corrected chi connectivity index (χ3v) is 5.67. The van der Waals surface area contributed by atoms with Gasteiger partial charge >= 0.3 is 0 Å². The van der Waals surface area contributed by atoms with E-state index >= 15 is 0 Å². The van der Waals surface area contributed by atoms with E-state index in [0.29, 0.717) is 0 Å². The average Bonchev–Trinajstić information content (AvgIpc) is 3.25. The Labute approximate surface area is 119 Å². The molecule has 0 bridgehead atoms. The van der Waals surface area contributed by atoms with Crippen LogP contribution in [-0.4, -0.2) is 36.6 Å². The van der Waals surface area contributed by atoms with Crippen LogP contribution in [0, 0.1) is 11.8 Å². The van der Waals surface area contributed by atoms with Crippen LogP contribution in [0.1, 0.15) is 64.7 Å². The Hall–Kier alpha value is -0.0800. The smallest absolute Gasteiger partial charge is 0.0223 e. The highest BCUT2D eigenvalue weighted by Gasteiger charge is 2.31. The molecule has 3 fully saturated rings. The van der Waals surface area contributed by atoms with Crippen molar-refractivity contribution < 1.29 is 0 Å². The summed E-state index contributed by atoms with van der Waals surface area (Å²) in [4.78, 5) is 2.80. The Morgan fingerprint density at radius 2 is 1.84 bits per heavy atom. The summed E-state index contributed by atoms with van der Waals surface area (Å²) in [6.07, 6.45) is 13.2. The zero-order chi connectivity index (χ0) is 13.1. The van der Waals surface area contributed by atoms with Crippen LogP contribution in [0.5, 0.6) is 0 Å². The van der Waals surface area contributed by atoms with Gasteiger partial charge in [0, 0.05) is 18.6 Å². The van der Waals surface area contributed by atoms with Crippen LogP contribution in [0.4, 0.5) is 0 Å². The highest BCUT2D eigenvalue weighted by molar-refractivity contribution is 4.87. The number of hydrogen-bond acceptors (Lipinski definition) is 2. The first-order chi connectivity index (χ1) is 9.33. The molecule has 0 aromatic heterocycles. The van der Waals surface area contributed by atoms with E-state index in [1.54, 1.807) is 0 Å². The molecule has 2 aliphatic carbocycles. The summed E-state index contributed by atoms with van der Waals surface area (Å²) in [6.45, 7) is 6.36. The summed E-state index contributed by atoms with van der Waals surface area (Å²) in [6, 6.07) is 1.60. The Morgan fingerprint density at radius 3 is 2.58 bits per heavy atom. The van der Waals surface area contributed by atoms with Gasteiger partial charge in [0.2, 0.25) is 0 Å². The zero-order valence-corrected chi connectivity index (χ0v) is 12.7. The monoisotopic (exact) mass is 264 g/mol. The van der Waals surface area contributed by atoms with Crippen LogP contribution >= 0.6 is 0 Å². The Morgan fingerprint density at radius 1 is 1.05 bits per heavy atom. The fraction of sp³-hybridized carbons (Fsp3) is 1.00. The fourth-order valence-electron chi connectivity index (χ4n) is 4.22. The summed E-state index contributed by atoms with van der Waals surface area (Å²) < 4.78 is 0. The lowest BCUT2D eigenvalue weighted by Crippen LogP contribution is -2.46. The summed E-state index contributed by atoms with van der Waals surface area (Å²) in [7, 11) is 0. The van der Waals surface area contributed by atoms with E-state index in [1.807, 2.05) is 0 Å². The lowest BCUT2D eigenvalue weighted by Gasteiger charge is -2.35. The summed E-state index contributed by atoms with van der Waals surface area (Å²) in [5.41, 5.74) is 0. The average molecular weight is 264 g/mol. The van der Waals surface area contributed by atoms with Crippen LogP contribution in [0.25, 0.3) is 0 Å². The van der Waals surface area contributed by atoms with Crippen molar-refractivity contribution in [3.8, 4) is 0 Å². The van der Waals surface area contributed by atoms with Crippen molar-refractivity contribution in [2.24, 2.45) is 11.8 Å². The van der Waals surface area contributed by atoms with Gasteiger partial charge < -0.3 is 5.32 Å². The molecular weight excluding hydrogens is 232 g/mol. The lowest BCUT2D eigenvalue weighted by atomic mass is 9.83. The molecule has 1 heterocycles. The first-order valence-corrected chi connectivity index (χ1v) is 8.80. The predicted molar refractivity (Wildman–Crippen MR) is 81.4 cm³/mol. The van der Waals surface area contributed by atoms with Gasteiger partial charge in [0.05, 0.1) is 0 Å². The molecule has 0 aromatic rings. The van der Waals surface area contributed by atoms with Crippen LogP contribution in [0.3, 0.4) is 0 Å². The highest BCUT2D eigenvalue weighted by Crippen LogP contribution is 2.35. The van der Waals surface area contributed by atoms with Crippen molar-refractivity contribution in [3.05, 3.63) is 0 Å². The number of nitrogens with zero attached hydrogens (tertiary/aromatic N) is 1. The van der Waals surface area contributed by atoms with Gasteiger partial charge in [-0.15, -0.1) is 0 Å². The molecule has 2 saturated carbocycles. The maximum Gasteiger partial charge on any atom is 0.0223 e. The predicted octanol–water partition coefficient (Wildman–Crippen LogP) is 3.42. The molecule has 1 N–H and O–H groups in total. The van der Waals surface area contributed by atoms with Gasteiger partial charge in [0.1, 0.15) is 0 Å². The molecule has 2 nitrogen and oxygen atoms in total. The van der Waals surface area contributed by atoms with Crippen molar-refractivity contribution >= 4 is 0 Å². The summed E-state index contributed by atoms with van der Waals surface area (Å²) in [5, 5.41) is 3.86. The van der Waals surface area contributed by atoms with E-state index in [0.717, 1.165) is 23.9 Å². The van der Waals surface area contributed by atoms with Crippen molar-refractivity contribution in [1.29, 1.82) is 0 Å². The Kier molecular flexibility index (Phi) is 4.81. The zero-order valence-electron chi connectivity index (χ0n) is 12.7. The van der Waals surface area contributed by atoms with Crippen LogP contribution in [0.2, 0.25) is 0 Å². The molecule has 0 radical (unpaired) electrons. The number of hydrogen-bond donors (Lipinski definition) is 1. The molecule has 1 saturated heterocycles. The number of rotatable bonds is 4. The maximum absolute atomic E-state index is 3.86. The van der Waals surface area contributed by atoms with Gasteiger partial charge in [-0.2, -0.15) is 0 Å². The van der Waals surface area contributed by atoms with Gasteiger partial charge in [-0.25, -0.2) is 0 Å². The second-order valence-corrected chi connectivity index (χ2v) is 7.34. The van der Waals surface area contributed by atoms with Gasteiger partial charge in [-0.05, 0) is 57.5 Å². The molecule has 1 aliphatic heterocycles. The lowest BCUT2D eigenvalue weighted by molar-refractivity contribution is 0.160. The second kappa shape index (κ2) is 6.58. The first-order valence-electron chi connectivity index (χ1n) is 8.80. The van der Waals surface area contributed by atoms with Crippen molar-refractivity contribution in [3.63, 3.8) is 0 Å². The van der Waals surface area contributed by atoms with Gasteiger partial charge in [-0.3, -0.25) is 4.90 Å². The maximum atomic E-state index is 3.86. The molecule has 110 valence electrons. The normalized spacial score (nSPS) is 33.0. The molecule has 3 rings (SSSR count). The Balaban J connectivity index is 1.54. The van der Waals surface area contributed by atoms with E-state index < -0.39 is 0 Å². The first kappa shape index (κ1) is 13.9.